The SMILES string of the molecule is C[C@H](OC(=O)CCCCCNC(N)=O)C(=O)c1ccc(Cl)cc1. The lowest BCUT2D eigenvalue weighted by atomic mass is 10.1. The van der Waals surface area contributed by atoms with Gasteiger partial charge in [-0.1, -0.05) is 18.0 Å². The second-order valence-corrected chi connectivity index (χ2v) is 5.54. The van der Waals surface area contributed by atoms with Crippen LogP contribution < -0.4 is 11.1 Å². The zero-order valence-corrected chi connectivity index (χ0v) is 13.8. The Morgan fingerprint density at radius 2 is 1.83 bits per heavy atom. The van der Waals surface area contributed by atoms with Crippen molar-refractivity contribution in [3.05, 3.63) is 34.9 Å². The minimum absolute atomic E-state index is 0.231. The van der Waals surface area contributed by atoms with Gasteiger partial charge < -0.3 is 15.8 Å². The first-order valence-electron chi connectivity index (χ1n) is 7.42. The van der Waals surface area contributed by atoms with Crippen molar-refractivity contribution in [3.63, 3.8) is 0 Å². The van der Waals surface area contributed by atoms with Crippen LogP contribution >= 0.6 is 11.6 Å². The average molecular weight is 341 g/mol. The first kappa shape index (κ1) is 19.0. The summed E-state index contributed by atoms with van der Waals surface area (Å²) in [6.45, 7) is 2.03. The van der Waals surface area contributed by atoms with Gasteiger partial charge in [0, 0.05) is 23.6 Å². The number of halogens is 1. The van der Waals surface area contributed by atoms with Crippen LogP contribution in [-0.2, 0) is 9.53 Å². The highest BCUT2D eigenvalue weighted by Crippen LogP contribution is 2.13. The third kappa shape index (κ3) is 7.65. The van der Waals surface area contributed by atoms with Gasteiger partial charge in [-0.05, 0) is 44.0 Å². The maximum absolute atomic E-state index is 12.1. The number of carbonyl (C=O) groups excluding carboxylic acids is 3. The minimum Gasteiger partial charge on any atom is -0.454 e. The van der Waals surface area contributed by atoms with E-state index in [1.165, 1.54) is 0 Å². The van der Waals surface area contributed by atoms with E-state index in [9.17, 15) is 14.4 Å². The molecule has 0 aliphatic carbocycles. The molecule has 0 saturated carbocycles. The summed E-state index contributed by atoms with van der Waals surface area (Å²) in [6.07, 6.45) is 1.51. The molecular weight excluding hydrogens is 320 g/mol. The van der Waals surface area contributed by atoms with Gasteiger partial charge in [0.15, 0.2) is 6.10 Å². The van der Waals surface area contributed by atoms with Crippen LogP contribution in [0.1, 0.15) is 43.0 Å². The van der Waals surface area contributed by atoms with Gasteiger partial charge in [-0.25, -0.2) is 4.79 Å². The summed E-state index contributed by atoms with van der Waals surface area (Å²) in [5.74, 6) is -0.677. The summed E-state index contributed by atoms with van der Waals surface area (Å²) in [7, 11) is 0. The molecular formula is C16H21ClN2O4. The number of nitrogens with one attached hydrogen (secondary N) is 1. The van der Waals surface area contributed by atoms with Gasteiger partial charge in [-0.2, -0.15) is 0 Å². The number of hydrogen-bond donors (Lipinski definition) is 2. The summed E-state index contributed by atoms with van der Waals surface area (Å²) >= 11 is 5.76. The molecule has 0 saturated heterocycles. The van der Waals surface area contributed by atoms with Crippen molar-refractivity contribution in [2.24, 2.45) is 5.73 Å². The average Bonchev–Trinajstić information content (AvgIpc) is 2.50. The lowest BCUT2D eigenvalue weighted by molar-refractivity contribution is -0.146. The summed E-state index contributed by atoms with van der Waals surface area (Å²) in [5, 5.41) is 3.01. The Morgan fingerprint density at radius 1 is 1.17 bits per heavy atom. The maximum Gasteiger partial charge on any atom is 0.312 e. The quantitative estimate of drug-likeness (QED) is 0.410. The normalized spacial score (nSPS) is 11.6. The van der Waals surface area contributed by atoms with E-state index < -0.39 is 18.1 Å². The summed E-state index contributed by atoms with van der Waals surface area (Å²) < 4.78 is 5.13. The zero-order valence-electron chi connectivity index (χ0n) is 13.0. The van der Waals surface area contributed by atoms with Crippen LogP contribution in [0.2, 0.25) is 5.02 Å². The van der Waals surface area contributed by atoms with Crippen molar-refractivity contribution in [1.29, 1.82) is 0 Å². The Kier molecular flexibility index (Phi) is 8.11. The topological polar surface area (TPSA) is 98.5 Å². The third-order valence-corrected chi connectivity index (χ3v) is 3.42. The number of esters is 1. The Balaban J connectivity index is 2.26. The molecule has 0 aliphatic rings. The molecule has 1 aromatic carbocycles. The van der Waals surface area contributed by atoms with Gasteiger partial charge in [0.05, 0.1) is 0 Å². The molecule has 0 heterocycles. The number of carbonyl (C=O) groups is 3. The molecule has 1 rings (SSSR count). The molecule has 0 fully saturated rings. The van der Waals surface area contributed by atoms with Gasteiger partial charge in [-0.15, -0.1) is 0 Å². The minimum atomic E-state index is -0.833. The van der Waals surface area contributed by atoms with Gasteiger partial charge in [0.2, 0.25) is 5.78 Å². The molecule has 23 heavy (non-hydrogen) atoms. The highest BCUT2D eigenvalue weighted by atomic mass is 35.5. The fraction of sp³-hybridized carbons (Fsp3) is 0.438. The monoisotopic (exact) mass is 340 g/mol. The van der Waals surface area contributed by atoms with E-state index in [0.29, 0.717) is 23.6 Å². The molecule has 0 aliphatic heterocycles. The first-order valence-corrected chi connectivity index (χ1v) is 7.80. The van der Waals surface area contributed by atoms with Crippen molar-refractivity contribution in [2.45, 2.75) is 38.7 Å². The highest BCUT2D eigenvalue weighted by molar-refractivity contribution is 6.30. The zero-order chi connectivity index (χ0) is 17.2. The van der Waals surface area contributed by atoms with E-state index in [0.717, 1.165) is 12.8 Å². The number of nitrogens with two attached hydrogens (primary N) is 1. The first-order chi connectivity index (χ1) is 10.9. The van der Waals surface area contributed by atoms with E-state index in [1.54, 1.807) is 31.2 Å². The fourth-order valence-electron chi connectivity index (χ4n) is 1.94. The van der Waals surface area contributed by atoms with Crippen LogP contribution in [0.25, 0.3) is 0 Å². The molecule has 0 bridgehead atoms. The molecule has 0 spiro atoms. The number of ether oxygens (including phenoxy) is 1. The van der Waals surface area contributed by atoms with E-state index in [-0.39, 0.29) is 12.2 Å². The Morgan fingerprint density at radius 3 is 2.43 bits per heavy atom. The van der Waals surface area contributed by atoms with Gasteiger partial charge in [-0.3, -0.25) is 9.59 Å². The predicted molar refractivity (Wildman–Crippen MR) is 87.4 cm³/mol. The van der Waals surface area contributed by atoms with Crippen LogP contribution in [0.15, 0.2) is 24.3 Å². The number of unbranched alkanes of at least 4 members (excludes halogenated alkanes) is 2. The van der Waals surface area contributed by atoms with Crippen LogP contribution in [0.5, 0.6) is 0 Å². The number of primary amides is 1. The van der Waals surface area contributed by atoms with Crippen LogP contribution in [0, 0.1) is 0 Å². The van der Waals surface area contributed by atoms with Gasteiger partial charge in [0.25, 0.3) is 0 Å². The lowest BCUT2D eigenvalue weighted by Crippen LogP contribution is -2.30. The number of amides is 2. The van der Waals surface area contributed by atoms with Crippen molar-refractivity contribution < 1.29 is 19.1 Å². The van der Waals surface area contributed by atoms with Crippen molar-refractivity contribution in [2.75, 3.05) is 6.54 Å². The number of rotatable bonds is 9. The largest absolute Gasteiger partial charge is 0.454 e. The molecule has 7 heteroatoms. The maximum atomic E-state index is 12.1. The molecule has 3 N–H and O–H groups in total. The van der Waals surface area contributed by atoms with Gasteiger partial charge >= 0.3 is 12.0 Å². The van der Waals surface area contributed by atoms with Crippen LogP contribution in [0.4, 0.5) is 4.79 Å². The molecule has 0 aromatic heterocycles. The standard InChI is InChI=1S/C16H21ClN2O4/c1-11(15(21)12-6-8-13(17)9-7-12)23-14(20)5-3-2-4-10-19-16(18)22/h6-9,11H,2-5,10H2,1H3,(H3,18,19,22)/t11-/m0/s1. The second-order valence-electron chi connectivity index (χ2n) is 5.10. The highest BCUT2D eigenvalue weighted by Gasteiger charge is 2.19. The second kappa shape index (κ2) is 9.84. The van der Waals surface area contributed by atoms with Crippen LogP contribution in [-0.4, -0.2) is 30.4 Å². The van der Waals surface area contributed by atoms with E-state index in [1.807, 2.05) is 0 Å². The van der Waals surface area contributed by atoms with Crippen molar-refractivity contribution in [1.82, 2.24) is 5.32 Å². The number of Topliss-reactive ketones (excluding diaryl/α,β-unsaturated/α-hetero) is 1. The molecule has 2 amide bonds. The van der Waals surface area contributed by atoms with Crippen LogP contribution in [0.3, 0.4) is 0 Å². The number of urea groups is 1. The van der Waals surface area contributed by atoms with E-state index >= 15 is 0 Å². The van der Waals surface area contributed by atoms with E-state index in [4.69, 9.17) is 22.1 Å². The molecule has 0 unspecified atom stereocenters. The molecule has 126 valence electrons. The molecule has 1 aromatic rings. The Bertz CT molecular complexity index is 546. The summed E-state index contributed by atoms with van der Waals surface area (Å²) in [4.78, 5) is 34.3. The summed E-state index contributed by atoms with van der Waals surface area (Å²) in [5.41, 5.74) is 5.38. The van der Waals surface area contributed by atoms with Gasteiger partial charge in [0.1, 0.15) is 0 Å². The molecule has 0 radical (unpaired) electrons. The van der Waals surface area contributed by atoms with Crippen molar-refractivity contribution in [3.8, 4) is 0 Å². The smallest absolute Gasteiger partial charge is 0.312 e. The van der Waals surface area contributed by atoms with E-state index in [2.05, 4.69) is 5.32 Å². The Hall–Kier alpha value is -2.08. The fourth-order valence-corrected chi connectivity index (χ4v) is 2.07. The molecule has 6 nitrogen and oxygen atoms in total. The molecule has 1 atom stereocenters. The number of benzene rings is 1. The third-order valence-electron chi connectivity index (χ3n) is 3.16. The Labute approximate surface area is 140 Å². The lowest BCUT2D eigenvalue weighted by Gasteiger charge is -2.12. The predicted octanol–water partition coefficient (Wildman–Crippen LogP) is 2.68. The number of hydrogen-bond acceptors (Lipinski definition) is 4. The van der Waals surface area contributed by atoms with Crippen molar-refractivity contribution >= 4 is 29.4 Å². The number of ketones is 1. The summed E-state index contributed by atoms with van der Waals surface area (Å²) in [6, 6.07) is 5.87.